The molecule has 4 nitrogen and oxygen atoms in total. The van der Waals surface area contributed by atoms with Crippen molar-refractivity contribution in [2.24, 2.45) is 10.9 Å². The molecule has 2 aliphatic rings. The highest BCUT2D eigenvalue weighted by Gasteiger charge is 2.19. The molecule has 120 valence electrons. The monoisotopic (exact) mass is 293 g/mol. The average molecular weight is 293 g/mol. The summed E-state index contributed by atoms with van der Waals surface area (Å²) in [5.41, 5.74) is 1.60. The van der Waals surface area contributed by atoms with Gasteiger partial charge in [0, 0.05) is 39.2 Å². The van der Waals surface area contributed by atoms with E-state index in [1.807, 2.05) is 0 Å². The van der Waals surface area contributed by atoms with Crippen molar-refractivity contribution in [2.75, 3.05) is 39.9 Å². The molecule has 0 amide bonds. The topological polar surface area (TPSA) is 36.9 Å². The number of allylic oxidation sites excluding steroid dienone is 1. The van der Waals surface area contributed by atoms with Crippen LogP contribution < -0.4 is 5.32 Å². The second-order valence-corrected chi connectivity index (χ2v) is 6.20. The fourth-order valence-electron chi connectivity index (χ4n) is 3.11. The summed E-state index contributed by atoms with van der Waals surface area (Å²) < 4.78 is 5.46. The molecule has 0 radical (unpaired) electrons. The number of hydrogen-bond donors (Lipinski definition) is 1. The van der Waals surface area contributed by atoms with E-state index >= 15 is 0 Å². The fourth-order valence-corrected chi connectivity index (χ4v) is 3.11. The van der Waals surface area contributed by atoms with Crippen LogP contribution in [-0.4, -0.2) is 50.8 Å². The maximum absolute atomic E-state index is 5.46. The van der Waals surface area contributed by atoms with E-state index in [1.54, 1.807) is 5.57 Å². The predicted molar refractivity (Wildman–Crippen MR) is 88.7 cm³/mol. The second-order valence-electron chi connectivity index (χ2n) is 6.20. The van der Waals surface area contributed by atoms with Gasteiger partial charge in [-0.15, -0.1) is 0 Å². The molecule has 1 atom stereocenters. The molecule has 1 N–H and O–H groups in total. The van der Waals surface area contributed by atoms with Gasteiger partial charge in [-0.25, -0.2) is 0 Å². The van der Waals surface area contributed by atoms with Crippen LogP contribution in [0.25, 0.3) is 0 Å². The van der Waals surface area contributed by atoms with Gasteiger partial charge in [-0.2, -0.15) is 0 Å². The summed E-state index contributed by atoms with van der Waals surface area (Å²) in [7, 11) is 2.14. The molecule has 21 heavy (non-hydrogen) atoms. The van der Waals surface area contributed by atoms with E-state index in [0.29, 0.717) is 5.92 Å². The van der Waals surface area contributed by atoms with Crippen LogP contribution in [-0.2, 0) is 4.74 Å². The lowest BCUT2D eigenvalue weighted by Gasteiger charge is -2.24. The van der Waals surface area contributed by atoms with Crippen molar-refractivity contribution in [3.8, 4) is 0 Å². The molecule has 0 aromatic rings. The van der Waals surface area contributed by atoms with Gasteiger partial charge in [0.15, 0.2) is 5.96 Å². The van der Waals surface area contributed by atoms with Crippen molar-refractivity contribution in [3.05, 3.63) is 11.6 Å². The summed E-state index contributed by atoms with van der Waals surface area (Å²) in [5.74, 6) is 1.70. The standard InChI is InChI=1S/C17H31N3O/c1-3-18-17(20(2)13-16-10-12-21-14-16)19-11-9-15-7-5-4-6-8-15/h7,16H,3-6,8-14H2,1-2H3,(H,18,19). The van der Waals surface area contributed by atoms with Gasteiger partial charge in [0.05, 0.1) is 6.61 Å². The Labute approximate surface area is 129 Å². The molecule has 0 aromatic carbocycles. The van der Waals surface area contributed by atoms with Gasteiger partial charge in [0.25, 0.3) is 0 Å². The van der Waals surface area contributed by atoms with Crippen molar-refractivity contribution in [3.63, 3.8) is 0 Å². The van der Waals surface area contributed by atoms with Crippen LogP contribution in [0.15, 0.2) is 16.6 Å². The molecule has 1 aliphatic carbocycles. The van der Waals surface area contributed by atoms with E-state index in [4.69, 9.17) is 9.73 Å². The molecule has 4 heteroatoms. The number of rotatable bonds is 6. The number of nitrogens with one attached hydrogen (secondary N) is 1. The zero-order chi connectivity index (χ0) is 14.9. The van der Waals surface area contributed by atoms with Crippen molar-refractivity contribution in [1.29, 1.82) is 0 Å². The molecule has 0 bridgehead atoms. The van der Waals surface area contributed by atoms with Crippen LogP contribution in [0.2, 0.25) is 0 Å². The lowest BCUT2D eigenvalue weighted by atomic mass is 9.97. The first kappa shape index (κ1) is 16.3. The zero-order valence-corrected chi connectivity index (χ0v) is 13.7. The van der Waals surface area contributed by atoms with E-state index in [2.05, 4.69) is 30.3 Å². The highest BCUT2D eigenvalue weighted by molar-refractivity contribution is 5.79. The number of nitrogens with zero attached hydrogens (tertiary/aromatic N) is 2. The summed E-state index contributed by atoms with van der Waals surface area (Å²) in [4.78, 5) is 7.06. The Morgan fingerprint density at radius 3 is 3.05 bits per heavy atom. The molecule has 1 saturated heterocycles. The number of hydrogen-bond acceptors (Lipinski definition) is 2. The Morgan fingerprint density at radius 2 is 2.38 bits per heavy atom. The van der Waals surface area contributed by atoms with Crippen LogP contribution in [0, 0.1) is 5.92 Å². The lowest BCUT2D eigenvalue weighted by Crippen LogP contribution is -2.41. The van der Waals surface area contributed by atoms with E-state index in [-0.39, 0.29) is 0 Å². The molecular weight excluding hydrogens is 262 g/mol. The molecule has 0 spiro atoms. The minimum atomic E-state index is 0.653. The van der Waals surface area contributed by atoms with Gasteiger partial charge in [0.1, 0.15) is 0 Å². The average Bonchev–Trinajstić information content (AvgIpc) is 3.00. The first-order chi connectivity index (χ1) is 10.3. The first-order valence-electron chi connectivity index (χ1n) is 8.54. The number of aliphatic imine (C=N–C) groups is 1. The second kappa shape index (κ2) is 9.08. The summed E-state index contributed by atoms with van der Waals surface area (Å²) in [6.07, 6.45) is 9.98. The summed E-state index contributed by atoms with van der Waals surface area (Å²) in [6.45, 7) is 6.81. The number of ether oxygens (including phenoxy) is 1. The Morgan fingerprint density at radius 1 is 1.48 bits per heavy atom. The highest BCUT2D eigenvalue weighted by atomic mass is 16.5. The Hall–Kier alpha value is -1.03. The molecule has 1 unspecified atom stereocenters. The molecule has 1 heterocycles. The van der Waals surface area contributed by atoms with Crippen molar-refractivity contribution >= 4 is 5.96 Å². The zero-order valence-electron chi connectivity index (χ0n) is 13.7. The Balaban J connectivity index is 1.80. The fraction of sp³-hybridized carbons (Fsp3) is 0.824. The van der Waals surface area contributed by atoms with Crippen molar-refractivity contribution < 1.29 is 4.74 Å². The maximum Gasteiger partial charge on any atom is 0.193 e. The largest absolute Gasteiger partial charge is 0.381 e. The lowest BCUT2D eigenvalue weighted by molar-refractivity contribution is 0.181. The third-order valence-electron chi connectivity index (χ3n) is 4.33. The first-order valence-corrected chi connectivity index (χ1v) is 8.54. The smallest absolute Gasteiger partial charge is 0.193 e. The van der Waals surface area contributed by atoms with Crippen LogP contribution >= 0.6 is 0 Å². The van der Waals surface area contributed by atoms with Crippen LogP contribution in [0.5, 0.6) is 0 Å². The van der Waals surface area contributed by atoms with Crippen LogP contribution in [0.4, 0.5) is 0 Å². The molecule has 1 fully saturated rings. The summed E-state index contributed by atoms with van der Waals surface area (Å²) in [6, 6.07) is 0. The molecule has 2 rings (SSSR count). The van der Waals surface area contributed by atoms with E-state index in [1.165, 1.54) is 32.1 Å². The third kappa shape index (κ3) is 5.70. The minimum absolute atomic E-state index is 0.653. The van der Waals surface area contributed by atoms with Gasteiger partial charge >= 0.3 is 0 Å². The maximum atomic E-state index is 5.46. The van der Waals surface area contributed by atoms with E-state index < -0.39 is 0 Å². The van der Waals surface area contributed by atoms with E-state index in [9.17, 15) is 0 Å². The molecular formula is C17H31N3O. The quantitative estimate of drug-likeness (QED) is 0.465. The van der Waals surface area contributed by atoms with Gasteiger partial charge < -0.3 is 15.0 Å². The van der Waals surface area contributed by atoms with Crippen LogP contribution in [0.1, 0.15) is 45.4 Å². The Bertz CT molecular complexity index is 359. The third-order valence-corrected chi connectivity index (χ3v) is 4.33. The van der Waals surface area contributed by atoms with E-state index in [0.717, 1.165) is 45.2 Å². The van der Waals surface area contributed by atoms with Crippen molar-refractivity contribution in [1.82, 2.24) is 10.2 Å². The number of guanidine groups is 1. The van der Waals surface area contributed by atoms with Gasteiger partial charge in [0.2, 0.25) is 0 Å². The minimum Gasteiger partial charge on any atom is -0.381 e. The molecule has 0 saturated carbocycles. The summed E-state index contributed by atoms with van der Waals surface area (Å²) in [5, 5.41) is 3.41. The normalized spacial score (nSPS) is 23.0. The predicted octanol–water partition coefficient (Wildman–Crippen LogP) is 2.81. The highest BCUT2D eigenvalue weighted by Crippen LogP contribution is 2.20. The Kier molecular flexibility index (Phi) is 7.07. The molecule has 1 aliphatic heterocycles. The van der Waals surface area contributed by atoms with Gasteiger partial charge in [-0.1, -0.05) is 11.6 Å². The van der Waals surface area contributed by atoms with Crippen molar-refractivity contribution in [2.45, 2.75) is 45.4 Å². The van der Waals surface area contributed by atoms with Gasteiger partial charge in [-0.05, 0) is 45.4 Å². The van der Waals surface area contributed by atoms with Gasteiger partial charge in [-0.3, -0.25) is 4.99 Å². The summed E-state index contributed by atoms with van der Waals surface area (Å²) >= 11 is 0. The molecule has 0 aromatic heterocycles. The van der Waals surface area contributed by atoms with Crippen LogP contribution in [0.3, 0.4) is 0 Å². The SMILES string of the molecule is CCNC(=NCCC1=CCCCC1)N(C)CC1CCOC1.